The Morgan fingerprint density at radius 1 is 1.17 bits per heavy atom. The lowest BCUT2D eigenvalue weighted by Gasteiger charge is -2.39. The normalized spacial score (nSPS) is 30.9. The van der Waals surface area contributed by atoms with E-state index < -0.39 is 54.6 Å². The van der Waals surface area contributed by atoms with Gasteiger partial charge in [0, 0.05) is 12.1 Å². The van der Waals surface area contributed by atoms with Gasteiger partial charge in [0.05, 0.1) is 6.61 Å². The third-order valence-electron chi connectivity index (χ3n) is 3.51. The number of ether oxygens (including phenoxy) is 2. The molecule has 0 saturated carbocycles. The van der Waals surface area contributed by atoms with Gasteiger partial charge in [0.1, 0.15) is 47.2 Å². The smallest absolute Gasteiger partial charge is 0.229 e. The largest absolute Gasteiger partial charge is 0.508 e. The van der Waals surface area contributed by atoms with Crippen LogP contribution in [0.2, 0.25) is 0 Å². The Balaban J connectivity index is 2.33. The molecule has 128 valence electrons. The summed E-state index contributed by atoms with van der Waals surface area (Å²) in [5, 5.41) is 57.6. The molecule has 5 atom stereocenters. The molecule has 0 aliphatic carbocycles. The molecule has 23 heavy (non-hydrogen) atoms. The average molecular weight is 330 g/mol. The first-order chi connectivity index (χ1) is 10.8. The van der Waals surface area contributed by atoms with Gasteiger partial charge < -0.3 is 40.1 Å². The van der Waals surface area contributed by atoms with E-state index in [2.05, 4.69) is 0 Å². The van der Waals surface area contributed by atoms with Gasteiger partial charge in [-0.2, -0.15) is 0 Å². The van der Waals surface area contributed by atoms with Gasteiger partial charge >= 0.3 is 0 Å². The SMILES string of the molecule is CC(=O)c1c(O)cc(O)cc1O[C@@H]1O[C@H](CO)[C@@H](O)[C@H](O)[C@H]1O. The molecule has 2 rings (SSSR count). The van der Waals surface area contributed by atoms with Gasteiger partial charge in [0.25, 0.3) is 0 Å². The second-order valence-corrected chi connectivity index (χ2v) is 5.21. The highest BCUT2D eigenvalue weighted by Crippen LogP contribution is 2.35. The summed E-state index contributed by atoms with van der Waals surface area (Å²) in [6.45, 7) is 0.516. The minimum absolute atomic E-state index is 0.250. The maximum Gasteiger partial charge on any atom is 0.229 e. The van der Waals surface area contributed by atoms with E-state index in [0.29, 0.717) is 0 Å². The van der Waals surface area contributed by atoms with Crippen LogP contribution < -0.4 is 4.74 Å². The van der Waals surface area contributed by atoms with E-state index in [1.54, 1.807) is 0 Å². The number of hydrogen-bond donors (Lipinski definition) is 6. The maximum absolute atomic E-state index is 11.6. The Kier molecular flexibility index (Phi) is 5.07. The fourth-order valence-electron chi connectivity index (χ4n) is 2.32. The van der Waals surface area contributed by atoms with Gasteiger partial charge in [-0.3, -0.25) is 4.79 Å². The summed E-state index contributed by atoms with van der Waals surface area (Å²) < 4.78 is 10.4. The van der Waals surface area contributed by atoms with Crippen LogP contribution in [0.1, 0.15) is 17.3 Å². The predicted octanol–water partition coefficient (Wildman–Crippen LogP) is -1.52. The first-order valence-electron chi connectivity index (χ1n) is 6.80. The molecule has 1 heterocycles. The van der Waals surface area contributed by atoms with Gasteiger partial charge in [-0.25, -0.2) is 0 Å². The number of phenols is 2. The molecule has 1 fully saturated rings. The molecule has 1 saturated heterocycles. The standard InChI is InChI=1S/C14H18O9/c1-5(16)10-7(18)2-6(17)3-8(10)22-14-13(21)12(20)11(19)9(4-15)23-14/h2-3,9,11-15,17-21H,4H2,1H3/t9-,11-,12+,13-,14-/m1/s1. The van der Waals surface area contributed by atoms with Crippen molar-refractivity contribution in [2.75, 3.05) is 6.61 Å². The van der Waals surface area contributed by atoms with Gasteiger partial charge in [-0.1, -0.05) is 0 Å². The minimum Gasteiger partial charge on any atom is -0.508 e. The number of aliphatic hydroxyl groups excluding tert-OH is 4. The molecule has 1 aromatic carbocycles. The molecule has 1 aliphatic rings. The molecule has 9 heteroatoms. The Bertz CT molecular complexity index is 586. The van der Waals surface area contributed by atoms with Crippen LogP contribution in [0.3, 0.4) is 0 Å². The molecule has 0 radical (unpaired) electrons. The Morgan fingerprint density at radius 3 is 2.39 bits per heavy atom. The minimum atomic E-state index is -1.68. The Hall–Kier alpha value is -1.91. The van der Waals surface area contributed by atoms with Crippen LogP contribution >= 0.6 is 0 Å². The molecule has 1 aliphatic heterocycles. The fraction of sp³-hybridized carbons (Fsp3) is 0.500. The molecule has 0 bridgehead atoms. The number of benzene rings is 1. The second-order valence-electron chi connectivity index (χ2n) is 5.21. The summed E-state index contributed by atoms with van der Waals surface area (Å²) in [5.41, 5.74) is -0.250. The Morgan fingerprint density at radius 2 is 1.83 bits per heavy atom. The summed E-state index contributed by atoms with van der Waals surface area (Å²) in [5.74, 6) is -1.77. The van der Waals surface area contributed by atoms with Gasteiger partial charge in [-0.15, -0.1) is 0 Å². The van der Waals surface area contributed by atoms with Crippen LogP contribution in [0.15, 0.2) is 12.1 Å². The average Bonchev–Trinajstić information content (AvgIpc) is 2.46. The van der Waals surface area contributed by atoms with Crippen molar-refractivity contribution in [3.8, 4) is 17.2 Å². The van der Waals surface area contributed by atoms with E-state index >= 15 is 0 Å². The van der Waals surface area contributed by atoms with Crippen molar-refractivity contribution in [3.63, 3.8) is 0 Å². The fourth-order valence-corrected chi connectivity index (χ4v) is 2.32. The summed E-state index contributed by atoms with van der Waals surface area (Å²) in [7, 11) is 0. The summed E-state index contributed by atoms with van der Waals surface area (Å²) in [6.07, 6.45) is -7.62. The molecule has 9 nitrogen and oxygen atoms in total. The summed E-state index contributed by atoms with van der Waals surface area (Å²) in [4.78, 5) is 11.6. The van der Waals surface area contributed by atoms with E-state index in [1.807, 2.05) is 0 Å². The third-order valence-corrected chi connectivity index (χ3v) is 3.51. The topological polar surface area (TPSA) is 157 Å². The van der Waals surface area contributed by atoms with Crippen molar-refractivity contribution >= 4 is 5.78 Å². The lowest BCUT2D eigenvalue weighted by molar-refractivity contribution is -0.277. The lowest BCUT2D eigenvalue weighted by atomic mass is 9.99. The third kappa shape index (κ3) is 3.38. The van der Waals surface area contributed by atoms with Crippen molar-refractivity contribution in [2.24, 2.45) is 0 Å². The lowest BCUT2D eigenvalue weighted by Crippen LogP contribution is -2.60. The number of phenolic OH excluding ortho intramolecular Hbond substituents is 2. The van der Waals surface area contributed by atoms with Crippen LogP contribution in [0, 0.1) is 0 Å². The first kappa shape index (κ1) is 17.4. The number of carbonyl (C=O) groups excluding carboxylic acids is 1. The monoisotopic (exact) mass is 330 g/mol. The van der Waals surface area contributed by atoms with E-state index in [0.717, 1.165) is 19.1 Å². The van der Waals surface area contributed by atoms with Crippen molar-refractivity contribution in [2.45, 2.75) is 37.6 Å². The van der Waals surface area contributed by atoms with Crippen LogP contribution in [-0.4, -0.2) is 73.7 Å². The van der Waals surface area contributed by atoms with E-state index in [9.17, 15) is 30.3 Å². The number of hydrogen-bond acceptors (Lipinski definition) is 9. The molecule has 0 aromatic heterocycles. The molecule has 6 N–H and O–H groups in total. The highest BCUT2D eigenvalue weighted by Gasteiger charge is 2.45. The molecular formula is C14H18O9. The van der Waals surface area contributed by atoms with Crippen LogP contribution in [0.25, 0.3) is 0 Å². The summed E-state index contributed by atoms with van der Waals surface area (Å²) in [6, 6.07) is 1.97. The number of carbonyl (C=O) groups is 1. The van der Waals surface area contributed by atoms with E-state index in [4.69, 9.17) is 14.6 Å². The molecule has 1 aromatic rings. The van der Waals surface area contributed by atoms with Gasteiger partial charge in [0.2, 0.25) is 6.29 Å². The number of Topliss-reactive ketones (excluding diaryl/α,β-unsaturated/α-hetero) is 1. The van der Waals surface area contributed by atoms with E-state index in [-0.39, 0.29) is 11.3 Å². The molecule has 0 unspecified atom stereocenters. The number of rotatable bonds is 4. The van der Waals surface area contributed by atoms with Crippen molar-refractivity contribution < 1.29 is 44.9 Å². The molecular weight excluding hydrogens is 312 g/mol. The highest BCUT2D eigenvalue weighted by atomic mass is 16.7. The Labute approximate surface area is 130 Å². The van der Waals surface area contributed by atoms with Crippen molar-refractivity contribution in [1.82, 2.24) is 0 Å². The predicted molar refractivity (Wildman–Crippen MR) is 74.2 cm³/mol. The van der Waals surface area contributed by atoms with Gasteiger partial charge in [0.15, 0.2) is 5.78 Å². The zero-order chi connectivity index (χ0) is 17.3. The quantitative estimate of drug-likeness (QED) is 0.361. The van der Waals surface area contributed by atoms with Crippen LogP contribution in [0.4, 0.5) is 0 Å². The molecule has 0 amide bonds. The van der Waals surface area contributed by atoms with Crippen LogP contribution in [0.5, 0.6) is 17.2 Å². The molecule has 0 spiro atoms. The van der Waals surface area contributed by atoms with Crippen molar-refractivity contribution in [3.05, 3.63) is 17.7 Å². The number of aromatic hydroxyl groups is 2. The summed E-state index contributed by atoms with van der Waals surface area (Å²) >= 11 is 0. The number of aliphatic hydroxyl groups is 4. The van der Waals surface area contributed by atoms with E-state index in [1.165, 1.54) is 0 Å². The van der Waals surface area contributed by atoms with Crippen LogP contribution in [-0.2, 0) is 4.74 Å². The van der Waals surface area contributed by atoms with Gasteiger partial charge in [-0.05, 0) is 6.92 Å². The maximum atomic E-state index is 11.6. The zero-order valence-electron chi connectivity index (χ0n) is 12.2. The first-order valence-corrected chi connectivity index (χ1v) is 6.80. The second kappa shape index (κ2) is 6.69. The zero-order valence-corrected chi connectivity index (χ0v) is 12.2. The highest BCUT2D eigenvalue weighted by molar-refractivity contribution is 5.99. The van der Waals surface area contributed by atoms with Crippen molar-refractivity contribution in [1.29, 1.82) is 0 Å². The number of ketones is 1.